The maximum Gasteiger partial charge on any atom is 0.239 e. The fraction of sp³-hybridized carbons (Fsp3) is 0.146. The van der Waals surface area contributed by atoms with Crippen LogP contribution >= 0.6 is 0 Å². The van der Waals surface area contributed by atoms with E-state index in [0.717, 1.165) is 27.6 Å². The lowest BCUT2D eigenvalue weighted by Gasteiger charge is -2.28. The summed E-state index contributed by atoms with van der Waals surface area (Å²) in [5.41, 5.74) is 14.3. The molecule has 8 aromatic rings. The van der Waals surface area contributed by atoms with Crippen LogP contribution in [-0.2, 0) is 0 Å². The number of aromatic nitrogens is 5. The highest BCUT2D eigenvalue weighted by atomic mass is 15.3. The standard InChI is InChI=1S/C48H42N6/c1-30-24-32(3)43(33(4)25-30)45(44-34(5)26-31(2)27-35(44)6)37-18-20-41(21-19-37)54(42-22-23-49-29-50-42)48-52-46(38-13-8-7-9-14-38)51-47(53-48)40-17-16-36-12-10-11-15-39(36)28-40/h7-29,45H,1-6H3. The maximum absolute atomic E-state index is 5.15. The first-order valence-electron chi connectivity index (χ1n) is 18.4. The van der Waals surface area contributed by atoms with Crippen LogP contribution in [0.1, 0.15) is 56.0 Å². The van der Waals surface area contributed by atoms with Gasteiger partial charge in [0.1, 0.15) is 12.1 Å². The highest BCUT2D eigenvalue weighted by molar-refractivity contribution is 5.86. The molecule has 0 amide bonds. The summed E-state index contributed by atoms with van der Waals surface area (Å²) >= 11 is 0. The number of aryl methyl sites for hydroxylation is 6. The first kappa shape index (κ1) is 34.6. The van der Waals surface area contributed by atoms with Crippen molar-refractivity contribution in [3.05, 3.63) is 190 Å². The lowest BCUT2D eigenvalue weighted by Crippen LogP contribution is -2.17. The zero-order chi connectivity index (χ0) is 37.3. The van der Waals surface area contributed by atoms with Gasteiger partial charge in [0.05, 0.1) is 5.69 Å². The summed E-state index contributed by atoms with van der Waals surface area (Å²) in [5.74, 6) is 2.32. The summed E-state index contributed by atoms with van der Waals surface area (Å²) in [7, 11) is 0. The Morgan fingerprint density at radius 3 is 1.67 bits per heavy atom. The molecular formula is C48H42N6. The summed E-state index contributed by atoms with van der Waals surface area (Å²) < 4.78 is 0. The van der Waals surface area contributed by atoms with Crippen molar-refractivity contribution in [3.8, 4) is 22.8 Å². The molecule has 6 nitrogen and oxygen atoms in total. The van der Waals surface area contributed by atoms with Crippen LogP contribution in [0.3, 0.4) is 0 Å². The van der Waals surface area contributed by atoms with Crippen molar-refractivity contribution in [1.82, 2.24) is 24.9 Å². The van der Waals surface area contributed by atoms with Crippen LogP contribution in [0, 0.1) is 41.5 Å². The zero-order valence-corrected chi connectivity index (χ0v) is 31.5. The van der Waals surface area contributed by atoms with E-state index in [2.05, 4.69) is 131 Å². The van der Waals surface area contributed by atoms with Crippen LogP contribution in [0.4, 0.5) is 17.5 Å². The van der Waals surface area contributed by atoms with E-state index in [1.54, 1.807) is 12.5 Å². The number of hydrogen-bond acceptors (Lipinski definition) is 6. The Bertz CT molecular complexity index is 2510. The third-order valence-electron chi connectivity index (χ3n) is 10.2. The molecule has 0 aliphatic rings. The van der Waals surface area contributed by atoms with E-state index >= 15 is 0 Å². The van der Waals surface area contributed by atoms with Gasteiger partial charge in [-0.25, -0.2) is 15.0 Å². The van der Waals surface area contributed by atoms with Crippen LogP contribution in [0.2, 0.25) is 0 Å². The van der Waals surface area contributed by atoms with E-state index in [-0.39, 0.29) is 5.92 Å². The normalized spacial score (nSPS) is 11.3. The zero-order valence-electron chi connectivity index (χ0n) is 31.5. The Kier molecular flexibility index (Phi) is 9.26. The second kappa shape index (κ2) is 14.5. The molecule has 0 spiro atoms. The molecule has 54 heavy (non-hydrogen) atoms. The molecule has 0 bridgehead atoms. The second-order valence-corrected chi connectivity index (χ2v) is 14.3. The SMILES string of the molecule is Cc1cc(C)c(C(c2ccc(N(c3ccncn3)c3nc(-c4ccccc4)nc(-c4ccc5ccccc5c4)n3)cc2)c2c(C)cc(C)cc2C)c(C)c1. The Hall–Kier alpha value is -6.53. The van der Waals surface area contributed by atoms with Gasteiger partial charge in [-0.2, -0.15) is 9.97 Å². The highest BCUT2D eigenvalue weighted by Crippen LogP contribution is 2.41. The van der Waals surface area contributed by atoms with Crippen LogP contribution in [-0.4, -0.2) is 24.9 Å². The number of fused-ring (bicyclic) bond motifs is 1. The van der Waals surface area contributed by atoms with E-state index in [4.69, 9.17) is 19.9 Å². The van der Waals surface area contributed by atoms with Crippen molar-refractivity contribution >= 4 is 28.2 Å². The van der Waals surface area contributed by atoms with Crippen molar-refractivity contribution in [2.75, 3.05) is 4.90 Å². The third-order valence-corrected chi connectivity index (χ3v) is 10.2. The summed E-state index contributed by atoms with van der Waals surface area (Å²) in [6.07, 6.45) is 3.30. The van der Waals surface area contributed by atoms with Crippen molar-refractivity contribution < 1.29 is 0 Å². The van der Waals surface area contributed by atoms with Crippen LogP contribution < -0.4 is 4.90 Å². The van der Waals surface area contributed by atoms with Gasteiger partial charge in [-0.1, -0.05) is 114 Å². The summed E-state index contributed by atoms with van der Waals surface area (Å²) in [4.78, 5) is 26.2. The molecule has 8 rings (SSSR count). The van der Waals surface area contributed by atoms with Gasteiger partial charge in [-0.15, -0.1) is 0 Å². The Morgan fingerprint density at radius 2 is 1.07 bits per heavy atom. The van der Waals surface area contributed by atoms with Gasteiger partial charge in [-0.3, -0.25) is 4.90 Å². The monoisotopic (exact) mass is 702 g/mol. The predicted octanol–water partition coefficient (Wildman–Crippen LogP) is 11.6. The van der Waals surface area contributed by atoms with Crippen LogP contribution in [0.5, 0.6) is 0 Å². The largest absolute Gasteiger partial charge is 0.263 e. The first-order chi connectivity index (χ1) is 26.2. The minimum atomic E-state index is 0.0501. The minimum absolute atomic E-state index is 0.0501. The third kappa shape index (κ3) is 6.74. The van der Waals surface area contributed by atoms with Gasteiger partial charge >= 0.3 is 0 Å². The van der Waals surface area contributed by atoms with Gasteiger partial charge in [0, 0.05) is 23.2 Å². The topological polar surface area (TPSA) is 67.7 Å². The molecule has 2 aromatic heterocycles. The molecule has 0 unspecified atom stereocenters. The molecule has 264 valence electrons. The Balaban J connectivity index is 1.30. The Morgan fingerprint density at radius 1 is 0.500 bits per heavy atom. The molecule has 0 atom stereocenters. The quantitative estimate of drug-likeness (QED) is 0.147. The van der Waals surface area contributed by atoms with E-state index in [1.165, 1.54) is 50.1 Å². The van der Waals surface area contributed by atoms with Crippen molar-refractivity contribution in [2.24, 2.45) is 0 Å². The number of nitrogens with zero attached hydrogens (tertiary/aromatic N) is 6. The molecule has 0 radical (unpaired) electrons. The van der Waals surface area contributed by atoms with Gasteiger partial charge in [0.2, 0.25) is 5.95 Å². The second-order valence-electron chi connectivity index (χ2n) is 14.3. The molecule has 0 aliphatic heterocycles. The van der Waals surface area contributed by atoms with Crippen LogP contribution in [0.25, 0.3) is 33.5 Å². The minimum Gasteiger partial charge on any atom is -0.263 e. The van der Waals surface area contributed by atoms with Gasteiger partial charge in [0.25, 0.3) is 0 Å². The molecule has 0 aliphatic carbocycles. The van der Waals surface area contributed by atoms with E-state index in [0.29, 0.717) is 23.4 Å². The molecular weight excluding hydrogens is 661 g/mol. The van der Waals surface area contributed by atoms with E-state index in [9.17, 15) is 0 Å². The average molecular weight is 703 g/mol. The van der Waals surface area contributed by atoms with Crippen molar-refractivity contribution in [3.63, 3.8) is 0 Å². The number of hydrogen-bond donors (Lipinski definition) is 0. The molecule has 0 N–H and O–H groups in total. The lowest BCUT2D eigenvalue weighted by molar-refractivity contribution is 0.918. The van der Waals surface area contributed by atoms with Crippen molar-refractivity contribution in [2.45, 2.75) is 47.5 Å². The average Bonchev–Trinajstić information content (AvgIpc) is 3.17. The smallest absolute Gasteiger partial charge is 0.239 e. The fourth-order valence-corrected chi connectivity index (χ4v) is 7.99. The van der Waals surface area contributed by atoms with E-state index in [1.807, 2.05) is 47.4 Å². The number of benzene rings is 6. The first-order valence-corrected chi connectivity index (χ1v) is 18.4. The fourth-order valence-electron chi connectivity index (χ4n) is 7.99. The summed E-state index contributed by atoms with van der Waals surface area (Å²) in [5, 5.41) is 2.28. The molecule has 6 heteroatoms. The molecule has 0 saturated carbocycles. The maximum atomic E-state index is 5.15. The molecule has 0 saturated heterocycles. The summed E-state index contributed by atoms with van der Waals surface area (Å²) in [6.45, 7) is 13.3. The summed E-state index contributed by atoms with van der Waals surface area (Å²) in [6, 6.07) is 44.6. The van der Waals surface area contributed by atoms with Crippen molar-refractivity contribution in [1.29, 1.82) is 0 Å². The van der Waals surface area contributed by atoms with Gasteiger partial charge in [0.15, 0.2) is 11.6 Å². The molecule has 0 fully saturated rings. The lowest BCUT2D eigenvalue weighted by atomic mass is 9.77. The highest BCUT2D eigenvalue weighted by Gasteiger charge is 2.26. The van der Waals surface area contributed by atoms with Gasteiger partial charge in [-0.05, 0) is 116 Å². The number of anilines is 3. The van der Waals surface area contributed by atoms with Gasteiger partial charge < -0.3 is 0 Å². The van der Waals surface area contributed by atoms with Crippen LogP contribution in [0.15, 0.2) is 140 Å². The Labute approximate surface area is 317 Å². The molecule has 6 aromatic carbocycles. The number of rotatable bonds is 8. The predicted molar refractivity (Wildman–Crippen MR) is 221 cm³/mol. The molecule has 2 heterocycles. The van der Waals surface area contributed by atoms with E-state index < -0.39 is 0 Å².